The minimum atomic E-state index is -0.944. The average Bonchev–Trinajstić information content (AvgIpc) is 2.96. The molecule has 1 atom stereocenters. The molecule has 0 aromatic heterocycles. The largest absolute Gasteiger partial charge is 0.465 e. The van der Waals surface area contributed by atoms with Gasteiger partial charge in [-0.25, -0.2) is 14.4 Å². The van der Waals surface area contributed by atoms with Crippen LogP contribution in [0.15, 0.2) is 24.3 Å². The van der Waals surface area contributed by atoms with Gasteiger partial charge in [-0.2, -0.15) is 0 Å². The predicted octanol–water partition coefficient (Wildman–Crippen LogP) is 2.50. The number of carbonyl (C=O) groups excluding carboxylic acids is 2. The van der Waals surface area contributed by atoms with Crippen LogP contribution in [0.2, 0.25) is 0 Å². The lowest BCUT2D eigenvalue weighted by atomic mass is 9.91. The van der Waals surface area contributed by atoms with Crippen molar-refractivity contribution in [1.29, 1.82) is 0 Å². The van der Waals surface area contributed by atoms with Gasteiger partial charge in [-0.3, -0.25) is 4.90 Å². The van der Waals surface area contributed by atoms with Crippen LogP contribution in [0.4, 0.5) is 9.59 Å². The molecule has 1 spiro atoms. The van der Waals surface area contributed by atoms with Gasteiger partial charge in [0, 0.05) is 25.9 Å². The number of hydrogen-bond donors (Lipinski definition) is 1. The number of ether oxygens (including phenoxy) is 2. The van der Waals surface area contributed by atoms with Gasteiger partial charge >= 0.3 is 18.2 Å². The molecule has 1 unspecified atom stereocenters. The molecule has 2 saturated heterocycles. The van der Waals surface area contributed by atoms with Gasteiger partial charge in [0.15, 0.2) is 0 Å². The number of amides is 2. The van der Waals surface area contributed by atoms with Gasteiger partial charge in [0.05, 0.1) is 25.3 Å². The highest BCUT2D eigenvalue weighted by Gasteiger charge is 2.48. The quantitative estimate of drug-likeness (QED) is 0.830. The zero-order chi connectivity index (χ0) is 18.9. The summed E-state index contributed by atoms with van der Waals surface area (Å²) in [7, 11) is 1.33. The molecule has 2 fully saturated rings. The Labute approximate surface area is 151 Å². The molecule has 8 nitrogen and oxygen atoms in total. The first-order valence-corrected chi connectivity index (χ1v) is 8.51. The van der Waals surface area contributed by atoms with Gasteiger partial charge in [-0.05, 0) is 24.6 Å². The summed E-state index contributed by atoms with van der Waals surface area (Å²) in [6, 6.07) is 6.70. The highest BCUT2D eigenvalue weighted by molar-refractivity contribution is 5.89. The summed E-state index contributed by atoms with van der Waals surface area (Å²) >= 11 is 0. The molecule has 3 rings (SSSR count). The smallest absolute Gasteiger partial charge is 0.411 e. The van der Waals surface area contributed by atoms with E-state index in [4.69, 9.17) is 9.84 Å². The zero-order valence-electron chi connectivity index (χ0n) is 14.8. The van der Waals surface area contributed by atoms with Gasteiger partial charge in [-0.1, -0.05) is 12.1 Å². The van der Waals surface area contributed by atoms with Gasteiger partial charge in [0.2, 0.25) is 0 Å². The maximum atomic E-state index is 12.4. The molecule has 1 N–H and O–H groups in total. The third-order valence-electron chi connectivity index (χ3n) is 5.22. The Morgan fingerprint density at radius 1 is 1.23 bits per heavy atom. The Morgan fingerprint density at radius 2 is 1.85 bits per heavy atom. The highest BCUT2D eigenvalue weighted by Crippen LogP contribution is 2.37. The van der Waals surface area contributed by atoms with Crippen LogP contribution < -0.4 is 0 Å². The molecule has 8 heteroatoms. The number of esters is 1. The number of likely N-dealkylation sites (tertiary alicyclic amines) is 1. The lowest BCUT2D eigenvalue weighted by Crippen LogP contribution is -2.48. The summed E-state index contributed by atoms with van der Waals surface area (Å²) in [4.78, 5) is 38.0. The molecular weight excluding hydrogens is 340 g/mol. The second-order valence-electron chi connectivity index (χ2n) is 6.74. The SMILES string of the molecule is COC(=O)c1ccc(C(C)N2CC3(CCN(C(=O)O)CC3)OC2=O)cc1. The summed E-state index contributed by atoms with van der Waals surface area (Å²) in [6.45, 7) is 3.05. The molecule has 1 aromatic carbocycles. The molecule has 26 heavy (non-hydrogen) atoms. The van der Waals surface area contributed by atoms with E-state index in [2.05, 4.69) is 4.74 Å². The fourth-order valence-electron chi connectivity index (χ4n) is 3.51. The van der Waals surface area contributed by atoms with Gasteiger partial charge in [0.25, 0.3) is 0 Å². The second-order valence-corrected chi connectivity index (χ2v) is 6.74. The van der Waals surface area contributed by atoms with Crippen LogP contribution in [0.3, 0.4) is 0 Å². The monoisotopic (exact) mass is 362 g/mol. The molecule has 0 saturated carbocycles. The fraction of sp³-hybridized carbons (Fsp3) is 0.500. The van der Waals surface area contributed by atoms with E-state index in [-0.39, 0.29) is 6.04 Å². The minimum absolute atomic E-state index is 0.217. The summed E-state index contributed by atoms with van der Waals surface area (Å²) in [5, 5.41) is 9.06. The average molecular weight is 362 g/mol. The Balaban J connectivity index is 1.69. The van der Waals surface area contributed by atoms with Crippen molar-refractivity contribution in [3.63, 3.8) is 0 Å². The molecule has 1 aromatic rings. The number of hydrogen-bond acceptors (Lipinski definition) is 5. The standard InChI is InChI=1S/C18H22N2O6/c1-12(13-3-5-14(6-4-13)15(21)25-2)20-11-18(26-17(20)24)7-9-19(10-8-18)16(22)23/h3-6,12H,7-11H2,1-2H3,(H,22,23). The van der Waals surface area contributed by atoms with Crippen LogP contribution in [0.5, 0.6) is 0 Å². The van der Waals surface area contributed by atoms with Crippen molar-refractivity contribution in [3.8, 4) is 0 Å². The van der Waals surface area contributed by atoms with E-state index in [1.807, 2.05) is 6.92 Å². The van der Waals surface area contributed by atoms with E-state index in [1.165, 1.54) is 12.0 Å². The maximum Gasteiger partial charge on any atom is 0.411 e. The van der Waals surface area contributed by atoms with Gasteiger partial charge < -0.3 is 19.5 Å². The molecule has 2 aliphatic heterocycles. The van der Waals surface area contributed by atoms with E-state index in [9.17, 15) is 14.4 Å². The first-order valence-electron chi connectivity index (χ1n) is 8.51. The van der Waals surface area contributed by atoms with Crippen molar-refractivity contribution < 1.29 is 29.0 Å². The summed E-state index contributed by atoms with van der Waals surface area (Å²) in [5.74, 6) is -0.408. The number of methoxy groups -OCH3 is 1. The van der Waals surface area contributed by atoms with Crippen molar-refractivity contribution in [1.82, 2.24) is 9.80 Å². The van der Waals surface area contributed by atoms with Crippen LogP contribution in [0, 0.1) is 0 Å². The molecule has 2 amide bonds. The molecule has 0 radical (unpaired) electrons. The van der Waals surface area contributed by atoms with Crippen molar-refractivity contribution in [2.45, 2.75) is 31.4 Å². The summed E-state index contributed by atoms with van der Waals surface area (Å²) in [5.41, 5.74) is 0.711. The third-order valence-corrected chi connectivity index (χ3v) is 5.22. The molecule has 140 valence electrons. The summed E-state index contributed by atoms with van der Waals surface area (Å²) in [6.07, 6.45) is -0.344. The molecule has 2 aliphatic rings. The van der Waals surface area contributed by atoms with E-state index < -0.39 is 23.8 Å². The van der Waals surface area contributed by atoms with Crippen molar-refractivity contribution in [3.05, 3.63) is 35.4 Å². The number of benzene rings is 1. The normalized spacial score (nSPS) is 20.0. The van der Waals surface area contributed by atoms with Crippen molar-refractivity contribution in [2.75, 3.05) is 26.7 Å². The molecular formula is C18H22N2O6. The van der Waals surface area contributed by atoms with E-state index >= 15 is 0 Å². The van der Waals surface area contributed by atoms with Crippen LogP contribution >= 0.6 is 0 Å². The number of carbonyl (C=O) groups is 3. The van der Waals surface area contributed by atoms with Crippen LogP contribution in [-0.4, -0.2) is 65.4 Å². The third kappa shape index (κ3) is 3.31. The molecule has 0 aliphatic carbocycles. The van der Waals surface area contributed by atoms with Crippen molar-refractivity contribution in [2.24, 2.45) is 0 Å². The Kier molecular flexibility index (Phi) is 4.76. The fourth-order valence-corrected chi connectivity index (χ4v) is 3.51. The van der Waals surface area contributed by atoms with Crippen LogP contribution in [0.1, 0.15) is 41.7 Å². The first kappa shape index (κ1) is 18.0. The lowest BCUT2D eigenvalue weighted by Gasteiger charge is -2.36. The molecule has 2 heterocycles. The highest BCUT2D eigenvalue weighted by atomic mass is 16.6. The predicted molar refractivity (Wildman–Crippen MR) is 90.9 cm³/mol. The summed E-state index contributed by atoms with van der Waals surface area (Å²) < 4.78 is 10.3. The Bertz CT molecular complexity index is 709. The number of piperidine rings is 1. The number of carboxylic acid groups (broad SMARTS) is 1. The van der Waals surface area contributed by atoms with Crippen LogP contribution in [-0.2, 0) is 9.47 Å². The Morgan fingerprint density at radius 3 is 2.38 bits per heavy atom. The van der Waals surface area contributed by atoms with Crippen LogP contribution in [0.25, 0.3) is 0 Å². The van der Waals surface area contributed by atoms with Crippen molar-refractivity contribution >= 4 is 18.2 Å². The second kappa shape index (κ2) is 6.86. The number of nitrogens with zero attached hydrogens (tertiary/aromatic N) is 2. The number of rotatable bonds is 3. The maximum absolute atomic E-state index is 12.4. The first-order chi connectivity index (χ1) is 12.3. The van der Waals surface area contributed by atoms with E-state index in [0.717, 1.165) is 5.56 Å². The minimum Gasteiger partial charge on any atom is -0.465 e. The zero-order valence-corrected chi connectivity index (χ0v) is 14.8. The van der Waals surface area contributed by atoms with Gasteiger partial charge in [0.1, 0.15) is 5.60 Å². The molecule has 0 bridgehead atoms. The van der Waals surface area contributed by atoms with E-state index in [1.54, 1.807) is 29.2 Å². The van der Waals surface area contributed by atoms with Gasteiger partial charge in [-0.15, -0.1) is 0 Å². The lowest BCUT2D eigenvalue weighted by molar-refractivity contribution is 0.00424. The van der Waals surface area contributed by atoms with E-state index in [0.29, 0.717) is 38.0 Å². The Hall–Kier alpha value is -2.77. The topological polar surface area (TPSA) is 96.4 Å².